The molecule has 0 spiro atoms. The van der Waals surface area contributed by atoms with Crippen molar-refractivity contribution >= 4 is 5.97 Å². The maximum absolute atomic E-state index is 11.5. The summed E-state index contributed by atoms with van der Waals surface area (Å²) >= 11 is 0. The molecule has 1 heterocycles. The molecule has 0 N–H and O–H groups in total. The number of rotatable bonds is 4. The van der Waals surface area contributed by atoms with Crippen LogP contribution in [-0.2, 0) is 14.4 Å². The Morgan fingerprint density at radius 2 is 1.68 bits per heavy atom. The van der Waals surface area contributed by atoms with Gasteiger partial charge in [-0.2, -0.15) is 0 Å². The highest BCUT2D eigenvalue weighted by Gasteiger charge is 2.60. The Hall–Kier alpha value is -0.610. The zero-order valence-corrected chi connectivity index (χ0v) is 13.6. The van der Waals surface area contributed by atoms with Gasteiger partial charge in [-0.25, -0.2) is 4.79 Å². The monoisotopic (exact) mass is 272 g/mol. The summed E-state index contributed by atoms with van der Waals surface area (Å²) in [5, 5.41) is 0. The summed E-state index contributed by atoms with van der Waals surface area (Å²) in [6.07, 6.45) is 3.08. The van der Waals surface area contributed by atoms with Gasteiger partial charge in [0.15, 0.2) is 0 Å². The predicted molar refractivity (Wildman–Crippen MR) is 75.4 cm³/mol. The highest BCUT2D eigenvalue weighted by atomic mass is 16.8. The minimum Gasteiger partial charge on any atom is -0.378 e. The van der Waals surface area contributed by atoms with Crippen molar-refractivity contribution in [1.29, 1.82) is 0 Å². The fourth-order valence-electron chi connectivity index (χ4n) is 3.26. The molecule has 4 nitrogen and oxygen atoms in total. The standard InChI is InChI=1S/C15H30NO3/c1-8-9-18-13-10-14(3,4)16(7,19-12(2)17)15(5,6)11-13/h13H,8-11H2,1-7H3/q+1. The molecule has 0 amide bonds. The molecule has 0 radical (unpaired) electrons. The predicted octanol–water partition coefficient (Wildman–Crippen LogP) is 3.06. The Bertz CT molecular complexity index is 318. The van der Waals surface area contributed by atoms with Gasteiger partial charge in [-0.1, -0.05) is 6.92 Å². The van der Waals surface area contributed by atoms with E-state index in [1.54, 1.807) is 0 Å². The van der Waals surface area contributed by atoms with Crippen LogP contribution in [0.25, 0.3) is 0 Å². The minimum atomic E-state index is -0.225. The third-order valence-corrected chi connectivity index (χ3v) is 4.63. The molecule has 112 valence electrons. The first-order valence-corrected chi connectivity index (χ1v) is 7.24. The third-order valence-electron chi connectivity index (χ3n) is 4.63. The van der Waals surface area contributed by atoms with Crippen molar-refractivity contribution in [2.24, 2.45) is 0 Å². The van der Waals surface area contributed by atoms with Crippen LogP contribution in [0.2, 0.25) is 0 Å². The van der Waals surface area contributed by atoms with Gasteiger partial charge in [0.1, 0.15) is 18.1 Å². The number of hydrogen-bond acceptors (Lipinski definition) is 3. The topological polar surface area (TPSA) is 35.5 Å². The van der Waals surface area contributed by atoms with Crippen LogP contribution in [0, 0.1) is 0 Å². The van der Waals surface area contributed by atoms with Gasteiger partial charge in [-0.3, -0.25) is 4.84 Å². The van der Waals surface area contributed by atoms with Gasteiger partial charge < -0.3 is 4.74 Å². The minimum absolute atomic E-state index is 0.161. The second-order valence-corrected chi connectivity index (χ2v) is 7.03. The fourth-order valence-corrected chi connectivity index (χ4v) is 3.26. The van der Waals surface area contributed by atoms with Crippen molar-refractivity contribution < 1.29 is 19.0 Å². The molecule has 0 bridgehead atoms. The van der Waals surface area contributed by atoms with Crippen LogP contribution in [0.5, 0.6) is 0 Å². The van der Waals surface area contributed by atoms with Crippen LogP contribution in [0.4, 0.5) is 0 Å². The average molecular weight is 272 g/mol. The highest BCUT2D eigenvalue weighted by Crippen LogP contribution is 2.45. The summed E-state index contributed by atoms with van der Waals surface area (Å²) in [7, 11) is 2.01. The van der Waals surface area contributed by atoms with E-state index in [0.717, 1.165) is 25.9 Å². The summed E-state index contributed by atoms with van der Waals surface area (Å²) in [6.45, 7) is 13.0. The van der Waals surface area contributed by atoms with Gasteiger partial charge in [0, 0.05) is 26.4 Å². The Kier molecular flexibility index (Phi) is 4.68. The van der Waals surface area contributed by atoms with Crippen molar-refractivity contribution in [3.63, 3.8) is 0 Å². The lowest BCUT2D eigenvalue weighted by Crippen LogP contribution is -2.73. The first kappa shape index (κ1) is 16.4. The first-order chi connectivity index (χ1) is 8.56. The number of nitrogens with zero attached hydrogens (tertiary/aromatic N) is 1. The van der Waals surface area contributed by atoms with Crippen LogP contribution in [0.15, 0.2) is 0 Å². The zero-order chi connectivity index (χ0) is 14.9. The SMILES string of the molecule is CCCOC1CC(C)(C)[N+](C)(OC(C)=O)C(C)(C)C1. The van der Waals surface area contributed by atoms with Crippen molar-refractivity contribution in [2.45, 2.75) is 78.0 Å². The number of quaternary nitrogens is 1. The molecule has 0 aromatic rings. The molecule has 0 aromatic heterocycles. The second-order valence-electron chi connectivity index (χ2n) is 7.03. The van der Waals surface area contributed by atoms with Gasteiger partial charge in [-0.15, -0.1) is 4.65 Å². The lowest BCUT2D eigenvalue weighted by molar-refractivity contribution is -1.15. The Morgan fingerprint density at radius 3 is 2.05 bits per heavy atom. The summed E-state index contributed by atoms with van der Waals surface area (Å²) in [6, 6.07) is 0. The number of ether oxygens (including phenoxy) is 1. The fraction of sp³-hybridized carbons (Fsp3) is 0.933. The maximum atomic E-state index is 11.5. The van der Waals surface area contributed by atoms with Gasteiger partial charge in [-0.05, 0) is 34.1 Å². The Balaban J connectivity index is 2.98. The molecule has 0 aromatic carbocycles. The van der Waals surface area contributed by atoms with E-state index in [4.69, 9.17) is 9.57 Å². The van der Waals surface area contributed by atoms with E-state index in [1.165, 1.54) is 6.92 Å². The van der Waals surface area contributed by atoms with E-state index in [-0.39, 0.29) is 23.2 Å². The third kappa shape index (κ3) is 3.11. The van der Waals surface area contributed by atoms with Crippen LogP contribution < -0.4 is 0 Å². The zero-order valence-electron chi connectivity index (χ0n) is 13.6. The van der Waals surface area contributed by atoms with Crippen LogP contribution in [-0.4, -0.2) is 41.5 Å². The summed E-state index contributed by atoms with van der Waals surface area (Å²) in [5.41, 5.74) is -0.322. The lowest BCUT2D eigenvalue weighted by Gasteiger charge is -2.57. The maximum Gasteiger partial charge on any atom is 0.363 e. The van der Waals surface area contributed by atoms with Crippen molar-refractivity contribution in [2.75, 3.05) is 13.7 Å². The van der Waals surface area contributed by atoms with Gasteiger partial charge >= 0.3 is 5.97 Å². The largest absolute Gasteiger partial charge is 0.378 e. The number of hydrogen-bond donors (Lipinski definition) is 0. The van der Waals surface area contributed by atoms with Crippen LogP contribution in [0.3, 0.4) is 0 Å². The second kappa shape index (κ2) is 5.41. The van der Waals surface area contributed by atoms with E-state index in [0.29, 0.717) is 4.65 Å². The molecule has 1 fully saturated rings. The smallest absolute Gasteiger partial charge is 0.363 e. The number of carbonyl (C=O) groups excluding carboxylic acids is 1. The molecular formula is C15H30NO3+. The van der Waals surface area contributed by atoms with E-state index >= 15 is 0 Å². The molecule has 0 aliphatic carbocycles. The normalized spacial score (nSPS) is 32.9. The number of carbonyl (C=O) groups is 1. The highest BCUT2D eigenvalue weighted by molar-refractivity contribution is 5.65. The van der Waals surface area contributed by atoms with Crippen molar-refractivity contribution in [3.05, 3.63) is 0 Å². The number of likely N-dealkylation sites (tertiary alicyclic amines) is 1. The Morgan fingerprint density at radius 1 is 1.21 bits per heavy atom. The van der Waals surface area contributed by atoms with Crippen LogP contribution in [0.1, 0.15) is 60.8 Å². The van der Waals surface area contributed by atoms with Gasteiger partial charge in [0.25, 0.3) is 0 Å². The van der Waals surface area contributed by atoms with E-state index in [2.05, 4.69) is 34.6 Å². The van der Waals surface area contributed by atoms with E-state index < -0.39 is 0 Å². The van der Waals surface area contributed by atoms with E-state index in [1.807, 2.05) is 7.05 Å². The number of piperidine rings is 1. The molecular weight excluding hydrogens is 242 g/mol. The van der Waals surface area contributed by atoms with Crippen molar-refractivity contribution in [1.82, 2.24) is 0 Å². The molecule has 0 unspecified atom stereocenters. The molecule has 4 heteroatoms. The quantitative estimate of drug-likeness (QED) is 0.738. The molecule has 1 rings (SSSR count). The average Bonchev–Trinajstić information content (AvgIpc) is 2.21. The molecule has 1 aliphatic heterocycles. The Labute approximate surface area is 117 Å². The summed E-state index contributed by atoms with van der Waals surface area (Å²) < 4.78 is 6.26. The lowest BCUT2D eigenvalue weighted by atomic mass is 9.78. The number of hydroxylamine groups is 3. The molecule has 1 aliphatic rings. The van der Waals surface area contributed by atoms with E-state index in [9.17, 15) is 4.79 Å². The summed E-state index contributed by atoms with van der Waals surface area (Å²) in [4.78, 5) is 17.2. The molecule has 1 saturated heterocycles. The first-order valence-electron chi connectivity index (χ1n) is 7.24. The summed E-state index contributed by atoms with van der Waals surface area (Å²) in [5.74, 6) is -0.225. The van der Waals surface area contributed by atoms with Crippen LogP contribution >= 0.6 is 0 Å². The van der Waals surface area contributed by atoms with Gasteiger partial charge in [0.05, 0.1) is 6.10 Å². The van der Waals surface area contributed by atoms with Gasteiger partial charge in [0.2, 0.25) is 0 Å². The van der Waals surface area contributed by atoms with Crippen molar-refractivity contribution in [3.8, 4) is 0 Å². The molecule has 0 saturated carbocycles. The molecule has 0 atom stereocenters. The molecule has 19 heavy (non-hydrogen) atoms.